The van der Waals surface area contributed by atoms with Crippen LogP contribution in [0.15, 0.2) is 53.7 Å². The van der Waals surface area contributed by atoms with Crippen molar-refractivity contribution in [1.29, 1.82) is 0 Å². The molecule has 0 radical (unpaired) electrons. The molecule has 0 saturated carbocycles. The van der Waals surface area contributed by atoms with Crippen LogP contribution in [0.25, 0.3) is 5.69 Å². The molecule has 14 heteroatoms. The number of carbonyl (C=O) groups is 3. The summed E-state index contributed by atoms with van der Waals surface area (Å²) < 4.78 is 7.06. The fourth-order valence-corrected chi connectivity index (χ4v) is 7.02. The minimum absolute atomic E-state index is 0.0154. The zero-order chi connectivity index (χ0) is 31.4. The Morgan fingerprint density at radius 2 is 1.93 bits per heavy atom. The molecule has 2 N–H and O–H groups in total. The number of rotatable bonds is 11. The molecule has 1 aliphatic rings. The molecule has 12 nitrogen and oxygen atoms in total. The standard InChI is InChI=1S/C30H30N6O6S2/c1-4-42-29(39)25-22-9-6-10-23(22)44-28(25)32-26(37)18(3)43-30-34-33-24(35(30)21-8-5-7-17(2)15-21)16-31-27(38)19-11-13-20(14-12-19)36(40)41/h5,7-8,11-15,18H,4,6,9-10,16H2,1-3H3,(H,31,38)(H,32,37). The number of hydrogen-bond acceptors (Lipinski definition) is 10. The third-order valence-electron chi connectivity index (χ3n) is 7.00. The van der Waals surface area contributed by atoms with Gasteiger partial charge in [0.15, 0.2) is 11.0 Å². The van der Waals surface area contributed by atoms with Crippen LogP contribution in [-0.4, -0.2) is 49.3 Å². The third kappa shape index (κ3) is 6.65. The van der Waals surface area contributed by atoms with Crippen molar-refractivity contribution in [2.75, 3.05) is 11.9 Å². The average Bonchev–Trinajstić information content (AvgIpc) is 3.70. The predicted molar refractivity (Wildman–Crippen MR) is 167 cm³/mol. The molecular weight excluding hydrogens is 605 g/mol. The number of nitro benzene ring substituents is 1. The van der Waals surface area contributed by atoms with Gasteiger partial charge in [-0.15, -0.1) is 21.5 Å². The number of anilines is 1. The number of nitro groups is 1. The molecule has 0 spiro atoms. The van der Waals surface area contributed by atoms with E-state index in [4.69, 9.17) is 4.74 Å². The summed E-state index contributed by atoms with van der Waals surface area (Å²) in [5, 5.41) is 25.7. The zero-order valence-corrected chi connectivity index (χ0v) is 25.9. The highest BCUT2D eigenvalue weighted by Crippen LogP contribution is 2.40. The van der Waals surface area contributed by atoms with Crippen molar-refractivity contribution in [1.82, 2.24) is 20.1 Å². The molecule has 2 heterocycles. The van der Waals surface area contributed by atoms with E-state index in [2.05, 4.69) is 20.8 Å². The molecule has 1 aliphatic carbocycles. The van der Waals surface area contributed by atoms with Crippen LogP contribution in [0.1, 0.15) is 62.8 Å². The van der Waals surface area contributed by atoms with Gasteiger partial charge in [0.2, 0.25) is 5.91 Å². The van der Waals surface area contributed by atoms with Gasteiger partial charge in [-0.3, -0.25) is 24.3 Å². The van der Waals surface area contributed by atoms with Crippen LogP contribution in [0.2, 0.25) is 0 Å². The number of hydrogen-bond donors (Lipinski definition) is 2. The van der Waals surface area contributed by atoms with Crippen LogP contribution >= 0.6 is 23.1 Å². The lowest BCUT2D eigenvalue weighted by Gasteiger charge is -2.15. The Labute approximate surface area is 261 Å². The van der Waals surface area contributed by atoms with Gasteiger partial charge in [0.25, 0.3) is 11.6 Å². The third-order valence-corrected chi connectivity index (χ3v) is 9.25. The van der Waals surface area contributed by atoms with Gasteiger partial charge in [0, 0.05) is 28.3 Å². The maximum Gasteiger partial charge on any atom is 0.341 e. The summed E-state index contributed by atoms with van der Waals surface area (Å²) >= 11 is 2.62. The van der Waals surface area contributed by atoms with Crippen LogP contribution in [0.5, 0.6) is 0 Å². The van der Waals surface area contributed by atoms with Crippen molar-refractivity contribution in [2.45, 2.75) is 57.0 Å². The quantitative estimate of drug-likeness (QED) is 0.0971. The van der Waals surface area contributed by atoms with Gasteiger partial charge >= 0.3 is 5.97 Å². The first-order valence-corrected chi connectivity index (χ1v) is 15.7. The molecule has 44 heavy (non-hydrogen) atoms. The number of benzene rings is 2. The first-order chi connectivity index (χ1) is 21.2. The highest BCUT2D eigenvalue weighted by molar-refractivity contribution is 8.00. The highest BCUT2D eigenvalue weighted by Gasteiger charge is 2.30. The number of thiophene rings is 1. The second kappa shape index (κ2) is 13.4. The number of aryl methyl sites for hydroxylation is 2. The monoisotopic (exact) mass is 634 g/mol. The van der Waals surface area contributed by atoms with E-state index in [-0.39, 0.29) is 30.3 Å². The molecule has 0 saturated heterocycles. The van der Waals surface area contributed by atoms with Gasteiger partial charge in [0.1, 0.15) is 5.00 Å². The number of amides is 2. The number of nitrogens with zero attached hydrogens (tertiary/aromatic N) is 4. The number of non-ortho nitro benzene ring substituents is 1. The molecule has 0 fully saturated rings. The number of esters is 1. The summed E-state index contributed by atoms with van der Waals surface area (Å²) in [6.07, 6.45) is 2.62. The fraction of sp³-hybridized carbons (Fsp3) is 0.300. The first kappa shape index (κ1) is 30.9. The van der Waals surface area contributed by atoms with Gasteiger partial charge in [-0.2, -0.15) is 0 Å². The second-order valence-electron chi connectivity index (χ2n) is 10.1. The summed E-state index contributed by atoms with van der Waals surface area (Å²) in [6, 6.07) is 13.0. The lowest BCUT2D eigenvalue weighted by atomic mass is 10.1. The molecule has 228 valence electrons. The number of aromatic nitrogens is 3. The SMILES string of the molecule is CCOC(=O)c1c(NC(=O)C(C)Sc2nnc(CNC(=O)c3ccc([N+](=O)[O-])cc3)n2-c2cccc(C)c2)sc2c1CCC2. The molecule has 2 aromatic heterocycles. The lowest BCUT2D eigenvalue weighted by Crippen LogP contribution is -2.25. The van der Waals surface area contributed by atoms with E-state index in [1.165, 1.54) is 47.4 Å². The van der Waals surface area contributed by atoms with Crippen molar-refractivity contribution in [2.24, 2.45) is 0 Å². The van der Waals surface area contributed by atoms with Crippen molar-refractivity contribution < 1.29 is 24.0 Å². The largest absolute Gasteiger partial charge is 0.462 e. The van der Waals surface area contributed by atoms with E-state index < -0.39 is 22.0 Å². The Bertz CT molecular complexity index is 1730. The number of carbonyl (C=O) groups excluding carboxylic acids is 3. The maximum absolute atomic E-state index is 13.4. The van der Waals surface area contributed by atoms with Crippen LogP contribution in [0.3, 0.4) is 0 Å². The Kier molecular flexibility index (Phi) is 9.40. The maximum atomic E-state index is 13.4. The summed E-state index contributed by atoms with van der Waals surface area (Å²) in [6.45, 7) is 5.71. The Hall–Kier alpha value is -4.56. The molecule has 0 aliphatic heterocycles. The lowest BCUT2D eigenvalue weighted by molar-refractivity contribution is -0.384. The first-order valence-electron chi connectivity index (χ1n) is 14.0. The van der Waals surface area contributed by atoms with E-state index in [0.717, 1.165) is 41.0 Å². The average molecular weight is 635 g/mol. The normalized spacial score (nSPS) is 12.8. The van der Waals surface area contributed by atoms with Crippen molar-refractivity contribution in [3.63, 3.8) is 0 Å². The molecule has 1 atom stereocenters. The number of nitrogens with one attached hydrogen (secondary N) is 2. The predicted octanol–water partition coefficient (Wildman–Crippen LogP) is 5.26. The van der Waals surface area contributed by atoms with Gasteiger partial charge in [-0.05, 0) is 75.4 Å². The van der Waals surface area contributed by atoms with E-state index >= 15 is 0 Å². The summed E-state index contributed by atoms with van der Waals surface area (Å²) in [5.41, 5.74) is 3.31. The van der Waals surface area contributed by atoms with Crippen LogP contribution < -0.4 is 10.6 Å². The van der Waals surface area contributed by atoms with Crippen molar-refractivity contribution >= 4 is 51.6 Å². The van der Waals surface area contributed by atoms with Crippen LogP contribution in [0.4, 0.5) is 10.7 Å². The van der Waals surface area contributed by atoms with E-state index in [1.807, 2.05) is 31.2 Å². The fourth-order valence-electron chi connectivity index (χ4n) is 4.85. The van der Waals surface area contributed by atoms with E-state index in [9.17, 15) is 24.5 Å². The molecular formula is C30H30N6O6S2. The smallest absolute Gasteiger partial charge is 0.341 e. The van der Waals surface area contributed by atoms with Crippen LogP contribution in [-0.2, 0) is 28.9 Å². The minimum Gasteiger partial charge on any atom is -0.462 e. The van der Waals surface area contributed by atoms with E-state index in [0.29, 0.717) is 21.5 Å². The number of thioether (sulfide) groups is 1. The van der Waals surface area contributed by atoms with Gasteiger partial charge < -0.3 is 15.4 Å². The van der Waals surface area contributed by atoms with Gasteiger partial charge in [0.05, 0.1) is 28.9 Å². The summed E-state index contributed by atoms with van der Waals surface area (Å²) in [4.78, 5) is 50.4. The molecule has 2 aromatic carbocycles. The molecule has 0 bridgehead atoms. The summed E-state index contributed by atoms with van der Waals surface area (Å²) in [7, 11) is 0. The molecule has 2 amide bonds. The number of fused-ring (bicyclic) bond motifs is 1. The van der Waals surface area contributed by atoms with Crippen molar-refractivity contribution in [3.8, 4) is 5.69 Å². The minimum atomic E-state index is -0.614. The van der Waals surface area contributed by atoms with Crippen LogP contribution in [0, 0.1) is 17.0 Å². The highest BCUT2D eigenvalue weighted by atomic mass is 32.2. The van der Waals surface area contributed by atoms with Gasteiger partial charge in [-0.25, -0.2) is 4.79 Å². The van der Waals surface area contributed by atoms with Gasteiger partial charge in [-0.1, -0.05) is 23.9 Å². The topological polar surface area (TPSA) is 158 Å². The molecule has 5 rings (SSSR count). The zero-order valence-electron chi connectivity index (χ0n) is 24.3. The Balaban J connectivity index is 1.35. The molecule has 4 aromatic rings. The Morgan fingerprint density at radius 1 is 1.16 bits per heavy atom. The van der Waals surface area contributed by atoms with Crippen molar-refractivity contribution in [3.05, 3.63) is 91.6 Å². The number of ether oxygens (including phenoxy) is 1. The summed E-state index contributed by atoms with van der Waals surface area (Å²) in [5.74, 6) is -0.726. The van der Waals surface area contributed by atoms with E-state index in [1.54, 1.807) is 18.4 Å². The second-order valence-corrected chi connectivity index (χ2v) is 12.5. The Morgan fingerprint density at radius 3 is 2.64 bits per heavy atom. The molecule has 1 unspecified atom stereocenters.